The van der Waals surface area contributed by atoms with Crippen molar-refractivity contribution in [3.8, 4) is 16.3 Å². The van der Waals surface area contributed by atoms with Crippen molar-refractivity contribution in [3.05, 3.63) is 52.5 Å². The number of aromatic amines is 1. The molecule has 0 saturated carbocycles. The van der Waals surface area contributed by atoms with Crippen LogP contribution in [-0.4, -0.2) is 20.0 Å². The maximum atomic E-state index is 14.0. The number of anilines is 1. The molecule has 0 amide bonds. The summed E-state index contributed by atoms with van der Waals surface area (Å²) in [6.45, 7) is -3.36. The number of ether oxygens (including phenoxy) is 1. The Labute approximate surface area is 159 Å². The van der Waals surface area contributed by atoms with Gasteiger partial charge in [0, 0.05) is 23.7 Å². The molecule has 0 unspecified atom stereocenters. The number of halogens is 5. The molecule has 5 nitrogen and oxygen atoms in total. The highest BCUT2D eigenvalue weighted by atomic mass is 35.5. The van der Waals surface area contributed by atoms with Crippen molar-refractivity contribution in [2.75, 3.05) is 4.72 Å². The summed E-state index contributed by atoms with van der Waals surface area (Å²) in [5.41, 5.74) is -0.296. The molecule has 3 rings (SSSR count). The normalized spacial score (nSPS) is 11.8. The number of hydrogen-bond acceptors (Lipinski definition) is 4. The minimum atomic E-state index is -4.27. The first-order chi connectivity index (χ1) is 12.7. The average molecular weight is 441 g/mol. The van der Waals surface area contributed by atoms with E-state index in [1.54, 1.807) is 11.4 Å². The van der Waals surface area contributed by atoms with Crippen LogP contribution in [0.3, 0.4) is 0 Å². The second-order valence-electron chi connectivity index (χ2n) is 5.12. The van der Waals surface area contributed by atoms with Crippen LogP contribution in [0.1, 0.15) is 0 Å². The number of thiophene rings is 1. The Morgan fingerprint density at radius 1 is 1.15 bits per heavy atom. The summed E-state index contributed by atoms with van der Waals surface area (Å²) in [5, 5.41) is 2.14. The number of aromatic nitrogens is 1. The number of rotatable bonds is 6. The molecule has 2 aromatic heterocycles. The van der Waals surface area contributed by atoms with Crippen LogP contribution in [0.15, 0.2) is 40.7 Å². The van der Waals surface area contributed by atoms with Crippen LogP contribution in [0.25, 0.3) is 10.6 Å². The number of benzene rings is 1. The number of H-pyrrole nitrogens is 1. The van der Waals surface area contributed by atoms with E-state index >= 15 is 0 Å². The molecule has 0 aliphatic carbocycles. The molecule has 0 radical (unpaired) electrons. The van der Waals surface area contributed by atoms with Crippen LogP contribution in [0.2, 0.25) is 5.02 Å². The van der Waals surface area contributed by atoms with Gasteiger partial charge in [0.05, 0.1) is 21.3 Å². The molecule has 1 aromatic carbocycles. The number of sulfonamides is 1. The van der Waals surface area contributed by atoms with Gasteiger partial charge in [-0.2, -0.15) is 8.78 Å². The molecule has 27 heavy (non-hydrogen) atoms. The molecule has 0 aliphatic heterocycles. The van der Waals surface area contributed by atoms with Gasteiger partial charge in [0.25, 0.3) is 10.0 Å². The van der Waals surface area contributed by atoms with Crippen molar-refractivity contribution >= 4 is 38.6 Å². The molecule has 0 saturated heterocycles. The zero-order chi connectivity index (χ0) is 19.8. The topological polar surface area (TPSA) is 71.2 Å². The Kier molecular flexibility index (Phi) is 5.36. The smallest absolute Gasteiger partial charge is 0.387 e. The minimum absolute atomic E-state index is 0.241. The molecule has 0 spiro atoms. The molecule has 2 heterocycles. The number of alkyl halides is 2. The maximum absolute atomic E-state index is 14.0. The van der Waals surface area contributed by atoms with E-state index in [1.165, 1.54) is 17.4 Å². The molecule has 144 valence electrons. The van der Waals surface area contributed by atoms with Gasteiger partial charge in [-0.25, -0.2) is 17.2 Å². The van der Waals surface area contributed by atoms with E-state index in [9.17, 15) is 26.0 Å². The monoisotopic (exact) mass is 440 g/mol. The predicted octanol–water partition coefficient (Wildman–Crippen LogP) is 5.08. The van der Waals surface area contributed by atoms with Crippen LogP contribution in [0, 0.1) is 11.6 Å². The predicted molar refractivity (Wildman–Crippen MR) is 92.9 cm³/mol. The van der Waals surface area contributed by atoms with Gasteiger partial charge < -0.3 is 9.72 Å². The lowest BCUT2D eigenvalue weighted by atomic mass is 10.3. The Bertz CT molecular complexity index is 1080. The zero-order valence-electron chi connectivity index (χ0n) is 13.0. The van der Waals surface area contributed by atoms with Gasteiger partial charge in [-0.05, 0) is 12.1 Å². The van der Waals surface area contributed by atoms with Crippen LogP contribution in [-0.2, 0) is 10.0 Å². The highest BCUT2D eigenvalue weighted by molar-refractivity contribution is 7.92. The van der Waals surface area contributed by atoms with Crippen LogP contribution < -0.4 is 9.46 Å². The zero-order valence-corrected chi connectivity index (χ0v) is 15.4. The summed E-state index contributed by atoms with van der Waals surface area (Å²) < 4.78 is 82.4. The molecule has 12 heteroatoms. The fourth-order valence-electron chi connectivity index (χ4n) is 2.12. The van der Waals surface area contributed by atoms with Gasteiger partial charge in [-0.15, -0.1) is 11.3 Å². The Balaban J connectivity index is 1.87. The van der Waals surface area contributed by atoms with Gasteiger partial charge in [-0.1, -0.05) is 11.6 Å². The lowest BCUT2D eigenvalue weighted by Crippen LogP contribution is -2.14. The van der Waals surface area contributed by atoms with Gasteiger partial charge in [-0.3, -0.25) is 4.72 Å². The van der Waals surface area contributed by atoms with E-state index < -0.39 is 39.7 Å². The average Bonchev–Trinajstić information content (AvgIpc) is 3.20. The second kappa shape index (κ2) is 7.41. The first-order valence-electron chi connectivity index (χ1n) is 7.05. The molecule has 0 aliphatic rings. The lowest BCUT2D eigenvalue weighted by molar-refractivity contribution is -0.0523. The van der Waals surface area contributed by atoms with Crippen molar-refractivity contribution in [3.63, 3.8) is 0 Å². The quantitative estimate of drug-likeness (QED) is 0.525. The standard InChI is InChI=1S/C15H9ClF4N2O3S2/c16-7-1-14(26-6-7)12-2-8(5-21-12)27(23,24)22-11-3-10(18)13(4-9(11)17)25-15(19)20/h1-6,15,21-22H. The first-order valence-corrected chi connectivity index (χ1v) is 9.79. The Hall–Kier alpha value is -2.24. The van der Waals surface area contributed by atoms with Crippen molar-refractivity contribution in [1.82, 2.24) is 4.98 Å². The Morgan fingerprint density at radius 2 is 1.89 bits per heavy atom. The molecule has 0 atom stereocenters. The van der Waals surface area contributed by atoms with E-state index in [0.717, 1.165) is 6.20 Å². The molecule has 2 N–H and O–H groups in total. The highest BCUT2D eigenvalue weighted by Crippen LogP contribution is 2.31. The summed E-state index contributed by atoms with van der Waals surface area (Å²) in [4.78, 5) is 3.18. The highest BCUT2D eigenvalue weighted by Gasteiger charge is 2.21. The van der Waals surface area contributed by atoms with Crippen molar-refractivity contribution < 1.29 is 30.7 Å². The van der Waals surface area contributed by atoms with E-state index in [0.29, 0.717) is 27.7 Å². The van der Waals surface area contributed by atoms with Crippen LogP contribution in [0.4, 0.5) is 23.2 Å². The summed E-state index contributed by atoms with van der Waals surface area (Å²) in [5.74, 6) is -3.67. The van der Waals surface area contributed by atoms with Gasteiger partial charge in [0.1, 0.15) is 4.90 Å². The summed E-state index contributed by atoms with van der Waals surface area (Å²) in [6.07, 6.45) is 1.16. The molecule has 3 aromatic rings. The van der Waals surface area contributed by atoms with Crippen molar-refractivity contribution in [2.45, 2.75) is 11.5 Å². The molecular formula is C15H9ClF4N2O3S2. The maximum Gasteiger partial charge on any atom is 0.387 e. The summed E-state index contributed by atoms with van der Waals surface area (Å²) in [6, 6.07) is 3.65. The van der Waals surface area contributed by atoms with E-state index in [4.69, 9.17) is 11.6 Å². The van der Waals surface area contributed by atoms with Crippen molar-refractivity contribution in [2.24, 2.45) is 0 Å². The fourth-order valence-corrected chi connectivity index (χ4v) is 4.23. The van der Waals surface area contributed by atoms with E-state index in [2.05, 4.69) is 9.72 Å². The van der Waals surface area contributed by atoms with Gasteiger partial charge in [0.2, 0.25) is 0 Å². The molecule has 0 fully saturated rings. The molecule has 0 bridgehead atoms. The number of nitrogens with one attached hydrogen (secondary N) is 2. The second-order valence-corrected chi connectivity index (χ2v) is 8.15. The van der Waals surface area contributed by atoms with Gasteiger partial charge in [0.15, 0.2) is 17.4 Å². The van der Waals surface area contributed by atoms with Gasteiger partial charge >= 0.3 is 6.61 Å². The van der Waals surface area contributed by atoms with Crippen molar-refractivity contribution in [1.29, 1.82) is 0 Å². The fraction of sp³-hybridized carbons (Fsp3) is 0.0667. The largest absolute Gasteiger partial charge is 0.432 e. The van der Waals surface area contributed by atoms with E-state index in [1.807, 2.05) is 4.72 Å². The SMILES string of the molecule is O=S(=O)(Nc1cc(F)c(OC(F)F)cc1F)c1c[nH]c(-c2cc(Cl)cs2)c1. The van der Waals surface area contributed by atoms with E-state index in [-0.39, 0.29) is 4.90 Å². The third-order valence-corrected chi connectivity index (χ3v) is 5.94. The molecular weight excluding hydrogens is 432 g/mol. The third kappa shape index (κ3) is 4.37. The van der Waals surface area contributed by atoms with Crippen LogP contribution >= 0.6 is 22.9 Å². The lowest BCUT2D eigenvalue weighted by Gasteiger charge is -2.11. The van der Waals surface area contributed by atoms with Crippen LogP contribution in [0.5, 0.6) is 5.75 Å². The first kappa shape index (κ1) is 19.5. The number of hydrogen-bond donors (Lipinski definition) is 2. The summed E-state index contributed by atoms with van der Waals surface area (Å²) >= 11 is 7.10. The Morgan fingerprint density at radius 3 is 2.52 bits per heavy atom. The third-order valence-electron chi connectivity index (χ3n) is 3.28. The minimum Gasteiger partial charge on any atom is -0.432 e. The summed E-state index contributed by atoms with van der Waals surface area (Å²) in [7, 11) is -4.27.